The van der Waals surface area contributed by atoms with E-state index in [1.807, 2.05) is 54.6 Å². The molecule has 1 atom stereocenters. The Labute approximate surface area is 177 Å². The number of aryl methyl sites for hydroxylation is 1. The summed E-state index contributed by atoms with van der Waals surface area (Å²) in [5.74, 6) is 0.193. The maximum absolute atomic E-state index is 13.1. The van der Waals surface area contributed by atoms with Crippen LogP contribution in [0.2, 0.25) is 0 Å². The van der Waals surface area contributed by atoms with E-state index in [0.29, 0.717) is 12.1 Å². The van der Waals surface area contributed by atoms with E-state index in [1.54, 1.807) is 12.0 Å². The highest BCUT2D eigenvalue weighted by atomic mass is 16.5. The number of nitrogens with zero attached hydrogens (tertiary/aromatic N) is 1. The fraction of sp³-hybridized carbons (Fsp3) is 0.192. The smallest absolute Gasteiger partial charge is 0.290 e. The molecule has 1 aliphatic rings. The Morgan fingerprint density at radius 1 is 0.933 bits per heavy atom. The fourth-order valence-electron chi connectivity index (χ4n) is 3.98. The Bertz CT molecular complexity index is 1070. The zero-order valence-corrected chi connectivity index (χ0v) is 17.2. The lowest BCUT2D eigenvalue weighted by atomic mass is 9.92. The highest BCUT2D eigenvalue weighted by Crippen LogP contribution is 2.43. The number of rotatable bonds is 6. The van der Waals surface area contributed by atoms with Gasteiger partial charge in [0.25, 0.3) is 5.91 Å². The number of aliphatic hydroxyl groups excluding tert-OH is 1. The van der Waals surface area contributed by atoms with Crippen LogP contribution in [-0.4, -0.2) is 23.0 Å². The summed E-state index contributed by atoms with van der Waals surface area (Å²) in [6.07, 6.45) is 0.948. The van der Waals surface area contributed by atoms with Gasteiger partial charge in [-0.1, -0.05) is 73.7 Å². The van der Waals surface area contributed by atoms with Crippen molar-refractivity contribution in [3.8, 4) is 5.75 Å². The lowest BCUT2D eigenvalue weighted by molar-refractivity contribution is -0.130. The van der Waals surface area contributed by atoms with Crippen molar-refractivity contribution in [1.82, 2.24) is 4.90 Å². The van der Waals surface area contributed by atoms with Gasteiger partial charge in [-0.25, -0.2) is 0 Å². The van der Waals surface area contributed by atoms with Crippen LogP contribution in [0.3, 0.4) is 0 Å². The molecule has 30 heavy (non-hydrogen) atoms. The van der Waals surface area contributed by atoms with Crippen molar-refractivity contribution in [3.05, 3.63) is 107 Å². The third-order valence-corrected chi connectivity index (χ3v) is 5.58. The average molecular weight is 399 g/mol. The minimum atomic E-state index is -0.364. The lowest BCUT2D eigenvalue weighted by Crippen LogP contribution is -2.29. The van der Waals surface area contributed by atoms with Crippen molar-refractivity contribution >= 4 is 11.5 Å². The van der Waals surface area contributed by atoms with Crippen LogP contribution in [0.5, 0.6) is 5.75 Å². The molecule has 0 bridgehead atoms. The molecule has 3 aromatic rings. The Morgan fingerprint density at radius 2 is 1.67 bits per heavy atom. The number of carbonyl (C=O) groups is 1. The van der Waals surface area contributed by atoms with Gasteiger partial charge in [0, 0.05) is 12.1 Å². The van der Waals surface area contributed by atoms with Crippen LogP contribution in [0.4, 0.5) is 0 Å². The maximum Gasteiger partial charge on any atom is 0.290 e. The Morgan fingerprint density at radius 3 is 2.33 bits per heavy atom. The van der Waals surface area contributed by atoms with Gasteiger partial charge in [0.1, 0.15) is 5.75 Å². The molecule has 0 saturated carbocycles. The maximum atomic E-state index is 13.1. The number of carbonyl (C=O) groups excluding carboxylic acids is 1. The molecule has 0 spiro atoms. The normalized spacial score (nSPS) is 16.3. The average Bonchev–Trinajstić information content (AvgIpc) is 3.04. The van der Waals surface area contributed by atoms with E-state index in [0.717, 1.165) is 28.9 Å². The number of aliphatic hydroxyl groups is 1. The molecule has 4 heteroatoms. The van der Waals surface area contributed by atoms with Gasteiger partial charge in [-0.3, -0.25) is 4.79 Å². The number of benzene rings is 3. The third kappa shape index (κ3) is 3.69. The van der Waals surface area contributed by atoms with E-state index in [9.17, 15) is 9.90 Å². The summed E-state index contributed by atoms with van der Waals surface area (Å²) in [5.41, 5.74) is 4.65. The summed E-state index contributed by atoms with van der Waals surface area (Å²) >= 11 is 0. The second-order valence-corrected chi connectivity index (χ2v) is 7.41. The lowest BCUT2D eigenvalue weighted by Gasteiger charge is -2.28. The van der Waals surface area contributed by atoms with Crippen molar-refractivity contribution in [3.63, 3.8) is 0 Å². The molecule has 0 aliphatic carbocycles. The molecule has 1 heterocycles. The number of methoxy groups -OCH3 is 1. The van der Waals surface area contributed by atoms with Gasteiger partial charge in [-0.05, 0) is 40.8 Å². The van der Waals surface area contributed by atoms with Crippen LogP contribution < -0.4 is 4.74 Å². The van der Waals surface area contributed by atoms with Gasteiger partial charge in [-0.2, -0.15) is 0 Å². The largest absolute Gasteiger partial charge is 0.503 e. The summed E-state index contributed by atoms with van der Waals surface area (Å²) in [6.45, 7) is 2.49. The minimum absolute atomic E-state index is 0.186. The number of hydrogen-bond acceptors (Lipinski definition) is 3. The van der Waals surface area contributed by atoms with E-state index in [-0.39, 0.29) is 17.7 Å². The van der Waals surface area contributed by atoms with E-state index in [2.05, 4.69) is 31.2 Å². The Hall–Kier alpha value is -3.53. The molecule has 1 aliphatic heterocycles. The van der Waals surface area contributed by atoms with Gasteiger partial charge in [0.05, 0.1) is 13.2 Å². The Kier molecular flexibility index (Phi) is 5.57. The zero-order chi connectivity index (χ0) is 21.1. The van der Waals surface area contributed by atoms with Crippen molar-refractivity contribution in [2.24, 2.45) is 0 Å². The summed E-state index contributed by atoms with van der Waals surface area (Å²) < 4.78 is 5.33. The molecule has 1 unspecified atom stereocenters. The summed E-state index contributed by atoms with van der Waals surface area (Å²) in [7, 11) is 1.62. The van der Waals surface area contributed by atoms with Gasteiger partial charge >= 0.3 is 0 Å². The SMILES string of the molecule is CCc1ccc(C2C(c3ccccc3)=C(O)C(=O)N2Cc2cccc(OC)c2)cc1. The van der Waals surface area contributed by atoms with Gasteiger partial charge in [-0.15, -0.1) is 0 Å². The van der Waals surface area contributed by atoms with Crippen LogP contribution in [0.1, 0.15) is 35.2 Å². The predicted molar refractivity (Wildman–Crippen MR) is 118 cm³/mol. The van der Waals surface area contributed by atoms with Crippen molar-refractivity contribution in [1.29, 1.82) is 0 Å². The molecule has 4 nitrogen and oxygen atoms in total. The molecular formula is C26H25NO3. The molecule has 152 valence electrons. The first-order valence-corrected chi connectivity index (χ1v) is 10.1. The molecular weight excluding hydrogens is 374 g/mol. The number of amides is 1. The van der Waals surface area contributed by atoms with Crippen LogP contribution in [0, 0.1) is 0 Å². The van der Waals surface area contributed by atoms with Crippen LogP contribution in [0.15, 0.2) is 84.6 Å². The van der Waals surface area contributed by atoms with Crippen LogP contribution in [-0.2, 0) is 17.8 Å². The monoisotopic (exact) mass is 399 g/mol. The molecule has 0 saturated heterocycles. The number of hydrogen-bond donors (Lipinski definition) is 1. The molecule has 0 aromatic heterocycles. The fourth-order valence-corrected chi connectivity index (χ4v) is 3.98. The van der Waals surface area contributed by atoms with E-state index >= 15 is 0 Å². The van der Waals surface area contributed by atoms with E-state index in [1.165, 1.54) is 5.56 Å². The molecule has 4 rings (SSSR count). The number of ether oxygens (including phenoxy) is 1. The topological polar surface area (TPSA) is 49.8 Å². The first kappa shape index (κ1) is 19.8. The van der Waals surface area contributed by atoms with Gasteiger partial charge < -0.3 is 14.7 Å². The minimum Gasteiger partial charge on any atom is -0.503 e. The molecule has 0 fully saturated rings. The predicted octanol–water partition coefficient (Wildman–Crippen LogP) is 5.31. The third-order valence-electron chi connectivity index (χ3n) is 5.58. The van der Waals surface area contributed by atoms with Crippen LogP contribution in [0.25, 0.3) is 5.57 Å². The van der Waals surface area contributed by atoms with E-state index < -0.39 is 0 Å². The van der Waals surface area contributed by atoms with Crippen molar-refractivity contribution < 1.29 is 14.6 Å². The summed E-state index contributed by atoms with van der Waals surface area (Å²) in [4.78, 5) is 14.9. The zero-order valence-electron chi connectivity index (χ0n) is 17.2. The highest BCUT2D eigenvalue weighted by molar-refractivity contribution is 6.05. The summed E-state index contributed by atoms with van der Waals surface area (Å²) in [6, 6.07) is 25.2. The standard InChI is InChI=1S/C26H25NO3/c1-3-18-12-14-21(15-13-18)24-23(20-9-5-4-6-10-20)25(28)26(29)27(24)17-19-8-7-11-22(16-19)30-2/h4-16,24,28H,3,17H2,1-2H3. The Balaban J connectivity index is 1.78. The van der Waals surface area contributed by atoms with Gasteiger partial charge in [0.15, 0.2) is 5.76 Å². The molecule has 3 aromatic carbocycles. The first-order chi connectivity index (χ1) is 14.6. The quantitative estimate of drug-likeness (QED) is 0.611. The highest BCUT2D eigenvalue weighted by Gasteiger charge is 2.40. The van der Waals surface area contributed by atoms with Gasteiger partial charge in [0.2, 0.25) is 0 Å². The first-order valence-electron chi connectivity index (χ1n) is 10.1. The molecule has 0 radical (unpaired) electrons. The molecule has 1 N–H and O–H groups in total. The second kappa shape index (κ2) is 8.46. The molecule has 1 amide bonds. The van der Waals surface area contributed by atoms with Crippen molar-refractivity contribution in [2.45, 2.75) is 25.9 Å². The van der Waals surface area contributed by atoms with E-state index in [4.69, 9.17) is 4.74 Å². The van der Waals surface area contributed by atoms with Crippen molar-refractivity contribution in [2.75, 3.05) is 7.11 Å². The second-order valence-electron chi connectivity index (χ2n) is 7.41. The van der Waals surface area contributed by atoms with Crippen LogP contribution >= 0.6 is 0 Å². The summed E-state index contributed by atoms with van der Waals surface area (Å²) in [5, 5.41) is 10.9.